The molecule has 4 heterocycles. The van der Waals surface area contributed by atoms with Crippen LogP contribution in [-0.2, 0) is 15.7 Å². The molecule has 2 aliphatic rings. The predicted molar refractivity (Wildman–Crippen MR) is 137 cm³/mol. The third-order valence-corrected chi connectivity index (χ3v) is 6.94. The normalized spacial score (nSPS) is 16.9. The van der Waals surface area contributed by atoms with Crippen molar-refractivity contribution in [2.75, 3.05) is 24.3 Å². The van der Waals surface area contributed by atoms with Crippen molar-refractivity contribution in [3.63, 3.8) is 0 Å². The molecule has 1 aromatic carbocycles. The molecule has 0 atom stereocenters. The van der Waals surface area contributed by atoms with Gasteiger partial charge in [-0.2, -0.15) is 13.2 Å². The molecule has 0 unspecified atom stereocenters. The topological polar surface area (TPSA) is 117 Å². The van der Waals surface area contributed by atoms with Gasteiger partial charge in [-0.25, -0.2) is 15.0 Å². The summed E-state index contributed by atoms with van der Waals surface area (Å²) in [6.45, 7) is 1.19. The van der Waals surface area contributed by atoms with Crippen LogP contribution < -0.4 is 11.1 Å². The van der Waals surface area contributed by atoms with E-state index in [0.29, 0.717) is 42.2 Å². The molecule has 1 amide bonds. The van der Waals surface area contributed by atoms with E-state index in [2.05, 4.69) is 26.3 Å². The van der Waals surface area contributed by atoms with Gasteiger partial charge in [0, 0.05) is 42.0 Å². The number of benzene rings is 1. The number of amides is 1. The van der Waals surface area contributed by atoms with E-state index < -0.39 is 23.4 Å². The maximum Gasteiger partial charge on any atom is 0.416 e. The molecule has 200 valence electrons. The summed E-state index contributed by atoms with van der Waals surface area (Å²) in [4.78, 5) is 25.2. The minimum atomic E-state index is -4.54. The Balaban J connectivity index is 1.28. The van der Waals surface area contributed by atoms with Crippen molar-refractivity contribution in [3.8, 4) is 5.69 Å². The van der Waals surface area contributed by atoms with Crippen molar-refractivity contribution >= 4 is 34.1 Å². The Kier molecular flexibility index (Phi) is 6.07. The lowest BCUT2D eigenvalue weighted by atomic mass is 9.90. The molecule has 0 bridgehead atoms. The molecule has 39 heavy (non-hydrogen) atoms. The van der Waals surface area contributed by atoms with E-state index in [9.17, 15) is 18.0 Å². The first-order chi connectivity index (χ1) is 18.7. The minimum absolute atomic E-state index is 0.194. The summed E-state index contributed by atoms with van der Waals surface area (Å²) < 4.78 is 52.5. The van der Waals surface area contributed by atoms with Crippen LogP contribution in [0.25, 0.3) is 22.3 Å². The van der Waals surface area contributed by atoms with Crippen molar-refractivity contribution in [2.45, 2.75) is 31.2 Å². The number of ether oxygens (including phenoxy) is 2. The molecule has 1 fully saturated rings. The van der Waals surface area contributed by atoms with Crippen molar-refractivity contribution in [3.05, 3.63) is 77.9 Å². The van der Waals surface area contributed by atoms with Gasteiger partial charge >= 0.3 is 6.18 Å². The molecule has 6 rings (SSSR count). The second-order valence-corrected chi connectivity index (χ2v) is 9.34. The average molecular weight is 537 g/mol. The lowest BCUT2D eigenvalue weighted by molar-refractivity contribution is -0.159. The highest BCUT2D eigenvalue weighted by Crippen LogP contribution is 2.41. The Hall–Kier alpha value is -4.29. The molecule has 0 radical (unpaired) electrons. The molecule has 3 aromatic heterocycles. The standard InChI is InChI=1S/C27H23F3N6O3/c28-27(29,30)18-7-10-32-21(13-18)35-25(37)17-1-3-19(4-2-17)36-14-20(22-23(36)24(31)34-15-33-22)16-5-8-26(9-6-16)38-11-12-39-26/h1-5,7,10,13-15H,6,8-9,11-12H2,(H2,31,33,34)(H,32,35,37). The molecule has 0 saturated carbocycles. The zero-order valence-corrected chi connectivity index (χ0v) is 20.5. The van der Waals surface area contributed by atoms with Gasteiger partial charge in [0.25, 0.3) is 5.91 Å². The number of carbonyl (C=O) groups excluding carboxylic acids is 1. The van der Waals surface area contributed by atoms with Gasteiger partial charge in [0.05, 0.1) is 18.8 Å². The van der Waals surface area contributed by atoms with Crippen LogP contribution in [0.1, 0.15) is 40.7 Å². The Morgan fingerprint density at radius 3 is 2.54 bits per heavy atom. The number of nitrogens with zero attached hydrogens (tertiary/aromatic N) is 4. The van der Waals surface area contributed by atoms with Gasteiger partial charge in [-0.05, 0) is 48.4 Å². The smallest absolute Gasteiger partial charge is 0.382 e. The number of anilines is 2. The number of nitrogen functional groups attached to an aromatic ring is 1. The molecule has 12 heteroatoms. The maximum absolute atomic E-state index is 13.0. The highest BCUT2D eigenvalue weighted by Gasteiger charge is 2.38. The van der Waals surface area contributed by atoms with E-state index in [4.69, 9.17) is 15.2 Å². The highest BCUT2D eigenvalue weighted by atomic mass is 19.4. The molecule has 1 aliphatic heterocycles. The summed E-state index contributed by atoms with van der Waals surface area (Å²) in [5, 5.41) is 2.41. The highest BCUT2D eigenvalue weighted by molar-refractivity contribution is 6.04. The summed E-state index contributed by atoms with van der Waals surface area (Å²) in [6, 6.07) is 8.20. The third-order valence-electron chi connectivity index (χ3n) is 6.94. The summed E-state index contributed by atoms with van der Waals surface area (Å²) >= 11 is 0. The number of halogens is 3. The van der Waals surface area contributed by atoms with Crippen LogP contribution in [0, 0.1) is 0 Å². The molecule has 1 spiro atoms. The SMILES string of the molecule is Nc1ncnc2c(C3=CCC4(CC3)OCCO4)cn(-c3ccc(C(=O)Nc4cc(C(F)(F)F)ccn4)cc3)c12. The van der Waals surface area contributed by atoms with Crippen molar-refractivity contribution < 1.29 is 27.4 Å². The molecule has 1 saturated heterocycles. The van der Waals surface area contributed by atoms with Gasteiger partial charge in [-0.15, -0.1) is 0 Å². The first-order valence-corrected chi connectivity index (χ1v) is 12.3. The number of fused-ring (bicyclic) bond motifs is 1. The van der Waals surface area contributed by atoms with Gasteiger partial charge in [-0.3, -0.25) is 4.79 Å². The second kappa shape index (κ2) is 9.47. The van der Waals surface area contributed by atoms with E-state index in [-0.39, 0.29) is 11.4 Å². The van der Waals surface area contributed by atoms with Crippen LogP contribution in [0.4, 0.5) is 24.8 Å². The Morgan fingerprint density at radius 2 is 1.85 bits per heavy atom. The summed E-state index contributed by atoms with van der Waals surface area (Å²) in [5.41, 5.74) is 9.67. The van der Waals surface area contributed by atoms with Crippen molar-refractivity contribution in [1.82, 2.24) is 19.5 Å². The van der Waals surface area contributed by atoms with Gasteiger partial charge < -0.3 is 25.1 Å². The number of alkyl halides is 3. The molecule has 4 aromatic rings. The lowest BCUT2D eigenvalue weighted by Gasteiger charge is -2.30. The van der Waals surface area contributed by atoms with E-state index in [1.54, 1.807) is 24.3 Å². The molecule has 1 aliphatic carbocycles. The first-order valence-electron chi connectivity index (χ1n) is 12.3. The molecule has 3 N–H and O–H groups in total. The summed E-state index contributed by atoms with van der Waals surface area (Å²) in [5.74, 6) is -1.03. The number of nitrogens with one attached hydrogen (secondary N) is 1. The van der Waals surface area contributed by atoms with Crippen LogP contribution >= 0.6 is 0 Å². The van der Waals surface area contributed by atoms with Crippen LogP contribution in [0.2, 0.25) is 0 Å². The molecule has 9 nitrogen and oxygen atoms in total. The van der Waals surface area contributed by atoms with Crippen LogP contribution in [0.15, 0.2) is 61.2 Å². The van der Waals surface area contributed by atoms with Crippen LogP contribution in [0.5, 0.6) is 0 Å². The minimum Gasteiger partial charge on any atom is -0.382 e. The van der Waals surface area contributed by atoms with Gasteiger partial charge in [0.2, 0.25) is 0 Å². The quantitative estimate of drug-likeness (QED) is 0.378. The number of nitrogens with two attached hydrogens (primary N) is 1. The summed E-state index contributed by atoms with van der Waals surface area (Å²) in [6.07, 6.45) is 4.05. The van der Waals surface area contributed by atoms with E-state index >= 15 is 0 Å². The first kappa shape index (κ1) is 25.0. The number of rotatable bonds is 4. The van der Waals surface area contributed by atoms with E-state index in [0.717, 1.165) is 42.3 Å². The zero-order valence-electron chi connectivity index (χ0n) is 20.5. The molecular formula is C27H23F3N6O3. The number of allylic oxidation sites excluding steroid dienone is 1. The maximum atomic E-state index is 13.0. The average Bonchev–Trinajstić information content (AvgIpc) is 3.55. The van der Waals surface area contributed by atoms with E-state index in [1.165, 1.54) is 6.33 Å². The zero-order chi connectivity index (χ0) is 27.2. The Labute approximate surface area is 220 Å². The fraction of sp³-hybridized carbons (Fsp3) is 0.259. The number of pyridine rings is 1. The third kappa shape index (κ3) is 4.72. The Bertz CT molecular complexity index is 1590. The monoisotopic (exact) mass is 536 g/mol. The van der Waals surface area contributed by atoms with Crippen molar-refractivity contribution in [1.29, 1.82) is 0 Å². The number of hydrogen-bond acceptors (Lipinski definition) is 7. The predicted octanol–water partition coefficient (Wildman–Crippen LogP) is 4.98. The fourth-order valence-corrected chi connectivity index (χ4v) is 4.97. The number of carbonyl (C=O) groups is 1. The summed E-state index contributed by atoms with van der Waals surface area (Å²) in [7, 11) is 0. The fourth-order valence-electron chi connectivity index (χ4n) is 4.97. The largest absolute Gasteiger partial charge is 0.416 e. The van der Waals surface area contributed by atoms with Gasteiger partial charge in [0.1, 0.15) is 23.2 Å². The number of hydrogen-bond donors (Lipinski definition) is 2. The van der Waals surface area contributed by atoms with Crippen LogP contribution in [0.3, 0.4) is 0 Å². The van der Waals surface area contributed by atoms with Gasteiger partial charge in [0.15, 0.2) is 11.6 Å². The second-order valence-electron chi connectivity index (χ2n) is 9.34. The van der Waals surface area contributed by atoms with Crippen LogP contribution in [-0.4, -0.2) is 44.4 Å². The van der Waals surface area contributed by atoms with Gasteiger partial charge in [-0.1, -0.05) is 6.08 Å². The van der Waals surface area contributed by atoms with E-state index in [1.807, 2.05) is 10.8 Å². The van der Waals surface area contributed by atoms with Crippen molar-refractivity contribution in [2.24, 2.45) is 0 Å². The molecular weight excluding hydrogens is 513 g/mol. The number of aromatic nitrogens is 4. The lowest BCUT2D eigenvalue weighted by Crippen LogP contribution is -2.31. The Morgan fingerprint density at radius 1 is 1.08 bits per heavy atom.